The number of carbonyl (C=O) groups is 1. The van der Waals surface area contributed by atoms with E-state index in [-0.39, 0.29) is 19.0 Å². The Morgan fingerprint density at radius 1 is 1.53 bits per heavy atom. The van der Waals surface area contributed by atoms with E-state index in [0.717, 1.165) is 10.0 Å². The van der Waals surface area contributed by atoms with Gasteiger partial charge in [0.1, 0.15) is 0 Å². The van der Waals surface area contributed by atoms with Crippen LogP contribution in [0.1, 0.15) is 5.56 Å². The second kappa shape index (κ2) is 6.82. The maximum absolute atomic E-state index is 10.7. The van der Waals surface area contributed by atoms with Crippen LogP contribution in [0.5, 0.6) is 0 Å². The number of nitrogens with two attached hydrogens (primary N) is 1. The fourth-order valence-corrected chi connectivity index (χ4v) is 1.67. The molecule has 84 valence electrons. The fourth-order valence-electron chi connectivity index (χ4n) is 1.22. The molecule has 15 heavy (non-hydrogen) atoms. The maximum atomic E-state index is 10.7. The normalized spacial score (nSPS) is 11.6. The molecule has 0 radical (unpaired) electrons. The first-order chi connectivity index (χ1) is 6.63. The van der Waals surface area contributed by atoms with Crippen LogP contribution in [-0.2, 0) is 11.2 Å². The highest BCUT2D eigenvalue weighted by Crippen LogP contribution is 2.14. The minimum atomic E-state index is -0.840. The molecule has 0 aliphatic heterocycles. The molecule has 1 atom stereocenters. The molecule has 1 aromatic carbocycles. The summed E-state index contributed by atoms with van der Waals surface area (Å²) in [4.78, 5) is 10.7. The number of rotatable bonds is 4. The van der Waals surface area contributed by atoms with E-state index in [4.69, 9.17) is 10.8 Å². The Balaban J connectivity index is 0.00000196. The van der Waals surface area contributed by atoms with Gasteiger partial charge in [-0.05, 0) is 24.1 Å². The second-order valence-corrected chi connectivity index (χ2v) is 4.02. The summed E-state index contributed by atoms with van der Waals surface area (Å²) in [6, 6.07) is 7.60. The van der Waals surface area contributed by atoms with Gasteiger partial charge in [-0.25, -0.2) is 0 Å². The average molecular weight is 295 g/mol. The SMILES string of the molecule is Cl.NCC(Cc1cccc(Br)c1)C(=O)O. The van der Waals surface area contributed by atoms with Crippen LogP contribution in [0.3, 0.4) is 0 Å². The predicted molar refractivity (Wildman–Crippen MR) is 65.3 cm³/mol. The largest absolute Gasteiger partial charge is 0.481 e. The van der Waals surface area contributed by atoms with Crippen molar-refractivity contribution in [3.05, 3.63) is 34.3 Å². The number of aliphatic carboxylic acids is 1. The van der Waals surface area contributed by atoms with Crippen molar-refractivity contribution in [2.24, 2.45) is 11.7 Å². The summed E-state index contributed by atoms with van der Waals surface area (Å²) in [5, 5.41) is 8.81. The van der Waals surface area contributed by atoms with Gasteiger partial charge in [0.05, 0.1) is 5.92 Å². The highest BCUT2D eigenvalue weighted by Gasteiger charge is 2.15. The third kappa shape index (κ3) is 4.64. The van der Waals surface area contributed by atoms with Crippen molar-refractivity contribution >= 4 is 34.3 Å². The first kappa shape index (κ1) is 14.4. The summed E-state index contributed by atoms with van der Waals surface area (Å²) >= 11 is 3.33. The molecule has 0 aliphatic carbocycles. The van der Waals surface area contributed by atoms with Crippen molar-refractivity contribution < 1.29 is 9.90 Å². The Kier molecular flexibility index (Phi) is 6.56. The molecule has 0 heterocycles. The summed E-state index contributed by atoms with van der Waals surface area (Å²) in [6.45, 7) is 0.168. The lowest BCUT2D eigenvalue weighted by atomic mass is 10.00. The van der Waals surface area contributed by atoms with Gasteiger partial charge in [0.25, 0.3) is 0 Å². The van der Waals surface area contributed by atoms with Crippen LogP contribution < -0.4 is 5.73 Å². The van der Waals surface area contributed by atoms with Crippen LogP contribution in [0.2, 0.25) is 0 Å². The topological polar surface area (TPSA) is 63.3 Å². The Labute approximate surface area is 103 Å². The van der Waals surface area contributed by atoms with Crippen molar-refractivity contribution in [3.63, 3.8) is 0 Å². The number of benzene rings is 1. The fraction of sp³-hybridized carbons (Fsp3) is 0.300. The van der Waals surface area contributed by atoms with Gasteiger partial charge >= 0.3 is 5.97 Å². The minimum Gasteiger partial charge on any atom is -0.481 e. The zero-order chi connectivity index (χ0) is 10.6. The number of hydrogen-bond acceptors (Lipinski definition) is 2. The van der Waals surface area contributed by atoms with Crippen molar-refractivity contribution in [2.75, 3.05) is 6.54 Å². The van der Waals surface area contributed by atoms with E-state index in [0.29, 0.717) is 6.42 Å². The number of hydrogen-bond donors (Lipinski definition) is 2. The molecule has 0 fully saturated rings. The molecule has 1 aromatic rings. The monoisotopic (exact) mass is 293 g/mol. The number of carboxylic acids is 1. The third-order valence-electron chi connectivity index (χ3n) is 2.00. The number of halogens is 2. The van der Waals surface area contributed by atoms with Crippen LogP contribution in [0.15, 0.2) is 28.7 Å². The molecular formula is C10H13BrClNO2. The molecule has 1 rings (SSSR count). The van der Waals surface area contributed by atoms with Crippen LogP contribution >= 0.6 is 28.3 Å². The zero-order valence-electron chi connectivity index (χ0n) is 8.02. The molecule has 5 heteroatoms. The highest BCUT2D eigenvalue weighted by molar-refractivity contribution is 9.10. The molecule has 0 bridgehead atoms. The van der Waals surface area contributed by atoms with Crippen LogP contribution in [0.4, 0.5) is 0 Å². The molecule has 3 N–H and O–H groups in total. The molecule has 0 aromatic heterocycles. The smallest absolute Gasteiger partial charge is 0.308 e. The predicted octanol–water partition coefficient (Wildman–Crippen LogP) is 2.07. The Bertz CT molecular complexity index is 333. The van der Waals surface area contributed by atoms with E-state index in [1.807, 2.05) is 24.3 Å². The Hall–Kier alpha value is -0.580. The summed E-state index contributed by atoms with van der Waals surface area (Å²) in [5.41, 5.74) is 6.35. The maximum Gasteiger partial charge on any atom is 0.308 e. The summed E-state index contributed by atoms with van der Waals surface area (Å²) in [7, 11) is 0. The minimum absolute atomic E-state index is 0. The molecule has 0 saturated heterocycles. The molecule has 0 aliphatic rings. The lowest BCUT2D eigenvalue weighted by Gasteiger charge is -2.09. The standard InChI is InChI=1S/C10H12BrNO2.ClH/c11-9-3-1-2-7(5-9)4-8(6-12)10(13)14;/h1-3,5,8H,4,6,12H2,(H,13,14);1H. The van der Waals surface area contributed by atoms with Gasteiger partial charge in [0.2, 0.25) is 0 Å². The first-order valence-corrected chi connectivity index (χ1v) is 5.10. The molecule has 0 amide bonds. The van der Waals surface area contributed by atoms with Crippen molar-refractivity contribution in [1.82, 2.24) is 0 Å². The quantitative estimate of drug-likeness (QED) is 0.893. The Morgan fingerprint density at radius 2 is 2.20 bits per heavy atom. The molecular weight excluding hydrogens is 281 g/mol. The molecule has 3 nitrogen and oxygen atoms in total. The van der Waals surface area contributed by atoms with E-state index >= 15 is 0 Å². The van der Waals surface area contributed by atoms with Crippen LogP contribution in [-0.4, -0.2) is 17.6 Å². The molecule has 1 unspecified atom stereocenters. The van der Waals surface area contributed by atoms with Gasteiger partial charge in [0, 0.05) is 11.0 Å². The van der Waals surface area contributed by atoms with Gasteiger partial charge in [-0.2, -0.15) is 0 Å². The Morgan fingerprint density at radius 3 is 2.67 bits per heavy atom. The average Bonchev–Trinajstić information content (AvgIpc) is 2.14. The van der Waals surface area contributed by atoms with E-state index in [2.05, 4.69) is 15.9 Å². The van der Waals surface area contributed by atoms with E-state index in [1.54, 1.807) is 0 Å². The van der Waals surface area contributed by atoms with Gasteiger partial charge in [-0.3, -0.25) is 4.79 Å². The molecule has 0 spiro atoms. The third-order valence-corrected chi connectivity index (χ3v) is 2.50. The first-order valence-electron chi connectivity index (χ1n) is 4.31. The summed E-state index contributed by atoms with van der Waals surface area (Å²) < 4.78 is 0.955. The van der Waals surface area contributed by atoms with Gasteiger partial charge in [-0.1, -0.05) is 28.1 Å². The van der Waals surface area contributed by atoms with Crippen molar-refractivity contribution in [1.29, 1.82) is 0 Å². The zero-order valence-corrected chi connectivity index (χ0v) is 10.4. The summed E-state index contributed by atoms with van der Waals surface area (Å²) in [6.07, 6.45) is 0.477. The highest BCUT2D eigenvalue weighted by atomic mass is 79.9. The molecule has 0 saturated carbocycles. The van der Waals surface area contributed by atoms with Crippen molar-refractivity contribution in [2.45, 2.75) is 6.42 Å². The van der Waals surface area contributed by atoms with E-state index < -0.39 is 11.9 Å². The van der Waals surface area contributed by atoms with Gasteiger partial charge in [0.15, 0.2) is 0 Å². The second-order valence-electron chi connectivity index (χ2n) is 3.10. The van der Waals surface area contributed by atoms with Gasteiger partial charge < -0.3 is 10.8 Å². The van der Waals surface area contributed by atoms with E-state index in [1.165, 1.54) is 0 Å². The lowest BCUT2D eigenvalue weighted by molar-refractivity contribution is -0.141. The van der Waals surface area contributed by atoms with Crippen LogP contribution in [0, 0.1) is 5.92 Å². The number of carboxylic acid groups (broad SMARTS) is 1. The van der Waals surface area contributed by atoms with E-state index in [9.17, 15) is 4.79 Å². The van der Waals surface area contributed by atoms with Crippen LogP contribution in [0.25, 0.3) is 0 Å². The van der Waals surface area contributed by atoms with Gasteiger partial charge in [-0.15, -0.1) is 12.4 Å². The van der Waals surface area contributed by atoms with Crippen molar-refractivity contribution in [3.8, 4) is 0 Å². The lowest BCUT2D eigenvalue weighted by Crippen LogP contribution is -2.25. The summed E-state index contributed by atoms with van der Waals surface area (Å²) in [5.74, 6) is -1.34.